The molecule has 1 atom stereocenters. The Kier molecular flexibility index (Phi) is 5.06. The highest BCUT2D eigenvalue weighted by Gasteiger charge is 2.29. The number of piperidine rings is 1. The fourth-order valence-electron chi connectivity index (χ4n) is 2.77. The first kappa shape index (κ1) is 15.6. The van der Waals surface area contributed by atoms with E-state index in [0.717, 1.165) is 25.8 Å². The number of nitrogen functional groups attached to an aromatic ring is 1. The van der Waals surface area contributed by atoms with Gasteiger partial charge in [-0.2, -0.15) is 5.10 Å². The second kappa shape index (κ2) is 6.80. The Morgan fingerprint density at radius 2 is 2.33 bits per heavy atom. The summed E-state index contributed by atoms with van der Waals surface area (Å²) in [5.74, 6) is 0.675. The molecule has 1 unspecified atom stereocenters. The summed E-state index contributed by atoms with van der Waals surface area (Å²) in [5.41, 5.74) is 6.40. The highest BCUT2D eigenvalue weighted by atomic mass is 16.5. The molecule has 0 aliphatic carbocycles. The van der Waals surface area contributed by atoms with E-state index >= 15 is 0 Å². The molecule has 1 fully saturated rings. The van der Waals surface area contributed by atoms with Crippen molar-refractivity contribution in [3.05, 3.63) is 5.56 Å². The molecule has 0 bridgehead atoms. The molecule has 7 heteroatoms. The van der Waals surface area contributed by atoms with E-state index < -0.39 is 5.97 Å². The Bertz CT molecular complexity index is 501. The lowest BCUT2D eigenvalue weighted by atomic mass is 9.99. The van der Waals surface area contributed by atoms with Crippen LogP contribution in [0.15, 0.2) is 0 Å². The molecular weight excluding hydrogens is 272 g/mol. The minimum absolute atomic E-state index is 0.148. The van der Waals surface area contributed by atoms with E-state index in [0.29, 0.717) is 30.3 Å². The summed E-state index contributed by atoms with van der Waals surface area (Å²) in [6, 6.07) is 0. The van der Waals surface area contributed by atoms with Crippen LogP contribution in [0.1, 0.15) is 36.5 Å². The highest BCUT2D eigenvalue weighted by molar-refractivity contribution is 5.99. The summed E-state index contributed by atoms with van der Waals surface area (Å²) in [6.45, 7) is 4.33. The lowest BCUT2D eigenvalue weighted by Gasteiger charge is -2.32. The van der Waals surface area contributed by atoms with Crippen LogP contribution in [0.5, 0.6) is 0 Å². The monoisotopic (exact) mass is 296 g/mol. The van der Waals surface area contributed by atoms with Crippen LogP contribution in [0, 0.1) is 5.92 Å². The van der Waals surface area contributed by atoms with Crippen molar-refractivity contribution in [3.63, 3.8) is 0 Å². The van der Waals surface area contributed by atoms with Gasteiger partial charge in [0.2, 0.25) is 0 Å². The second-order valence-electron chi connectivity index (χ2n) is 5.44. The summed E-state index contributed by atoms with van der Waals surface area (Å²) >= 11 is 0. The van der Waals surface area contributed by atoms with Crippen molar-refractivity contribution in [2.24, 2.45) is 5.92 Å². The number of aliphatic hydroxyl groups is 1. The maximum Gasteiger partial charge on any atom is 0.345 e. The van der Waals surface area contributed by atoms with Gasteiger partial charge in [-0.15, -0.1) is 0 Å². The third-order valence-electron chi connectivity index (χ3n) is 3.87. The smallest absolute Gasteiger partial charge is 0.345 e. The van der Waals surface area contributed by atoms with Gasteiger partial charge < -0.3 is 20.5 Å². The van der Waals surface area contributed by atoms with Gasteiger partial charge in [0, 0.05) is 26.2 Å². The molecule has 1 aromatic heterocycles. The Labute approximate surface area is 124 Å². The van der Waals surface area contributed by atoms with Crippen LogP contribution in [-0.4, -0.2) is 47.7 Å². The molecule has 1 aliphatic heterocycles. The predicted octanol–water partition coefficient (Wildman–Crippen LogP) is 0.871. The average Bonchev–Trinajstić information content (AvgIpc) is 2.84. The maximum atomic E-state index is 12.0. The number of esters is 1. The number of aliphatic hydroxyl groups excluding tert-OH is 1. The van der Waals surface area contributed by atoms with Crippen LogP contribution < -0.4 is 10.6 Å². The van der Waals surface area contributed by atoms with Crippen molar-refractivity contribution in [3.8, 4) is 0 Å². The topological polar surface area (TPSA) is 93.6 Å². The summed E-state index contributed by atoms with van der Waals surface area (Å²) in [6.07, 6.45) is 2.84. The minimum atomic E-state index is -0.462. The number of carbonyl (C=O) groups is 1. The van der Waals surface area contributed by atoms with Gasteiger partial charge in [0.1, 0.15) is 11.4 Å². The van der Waals surface area contributed by atoms with Crippen molar-refractivity contribution < 1.29 is 14.6 Å². The number of aromatic nitrogens is 2. The molecule has 0 aromatic carbocycles. The second-order valence-corrected chi connectivity index (χ2v) is 5.44. The Balaban J connectivity index is 2.36. The van der Waals surface area contributed by atoms with Gasteiger partial charge >= 0.3 is 5.97 Å². The van der Waals surface area contributed by atoms with E-state index in [9.17, 15) is 9.90 Å². The molecule has 21 heavy (non-hydrogen) atoms. The number of rotatable bonds is 5. The van der Waals surface area contributed by atoms with Gasteiger partial charge in [0.15, 0.2) is 5.82 Å². The zero-order valence-electron chi connectivity index (χ0n) is 12.7. The van der Waals surface area contributed by atoms with E-state index in [4.69, 9.17) is 10.5 Å². The molecule has 1 aliphatic rings. The zero-order valence-corrected chi connectivity index (χ0v) is 12.7. The first-order chi connectivity index (χ1) is 10.1. The van der Waals surface area contributed by atoms with Crippen LogP contribution >= 0.6 is 0 Å². The Hall–Kier alpha value is -1.76. The van der Waals surface area contributed by atoms with Gasteiger partial charge in [-0.05, 0) is 25.2 Å². The predicted molar refractivity (Wildman–Crippen MR) is 80.3 cm³/mol. The molecule has 1 aromatic rings. The number of carbonyl (C=O) groups excluding carboxylic acids is 1. The largest absolute Gasteiger partial charge is 0.465 e. The van der Waals surface area contributed by atoms with Crippen LogP contribution in [0.3, 0.4) is 0 Å². The number of nitrogens with zero attached hydrogens (tertiary/aromatic N) is 3. The van der Waals surface area contributed by atoms with E-state index in [2.05, 4.69) is 5.10 Å². The van der Waals surface area contributed by atoms with E-state index in [1.54, 1.807) is 4.68 Å². The van der Waals surface area contributed by atoms with Crippen molar-refractivity contribution >= 4 is 17.6 Å². The number of anilines is 2. The molecule has 0 saturated carbocycles. The lowest BCUT2D eigenvalue weighted by Crippen LogP contribution is -2.37. The molecule has 0 amide bonds. The van der Waals surface area contributed by atoms with Gasteiger partial charge in [-0.3, -0.25) is 0 Å². The van der Waals surface area contributed by atoms with Crippen LogP contribution in [0.25, 0.3) is 0 Å². The minimum Gasteiger partial charge on any atom is -0.465 e. The van der Waals surface area contributed by atoms with Gasteiger partial charge in [-0.1, -0.05) is 6.92 Å². The van der Waals surface area contributed by atoms with Crippen LogP contribution in [-0.2, 0) is 11.3 Å². The van der Waals surface area contributed by atoms with Gasteiger partial charge in [0.05, 0.1) is 7.11 Å². The molecule has 118 valence electrons. The van der Waals surface area contributed by atoms with Crippen LogP contribution in [0.4, 0.5) is 11.6 Å². The molecular formula is C14H24N4O3. The molecule has 2 heterocycles. The van der Waals surface area contributed by atoms with E-state index in [-0.39, 0.29) is 12.5 Å². The molecule has 1 saturated heterocycles. The third-order valence-corrected chi connectivity index (χ3v) is 3.87. The van der Waals surface area contributed by atoms with Crippen molar-refractivity contribution in [2.45, 2.75) is 32.7 Å². The van der Waals surface area contributed by atoms with Crippen molar-refractivity contribution in [1.29, 1.82) is 0 Å². The summed E-state index contributed by atoms with van der Waals surface area (Å²) in [5, 5.41) is 13.9. The Morgan fingerprint density at radius 1 is 1.57 bits per heavy atom. The van der Waals surface area contributed by atoms with Crippen molar-refractivity contribution in [1.82, 2.24) is 9.78 Å². The number of methoxy groups -OCH3 is 1. The summed E-state index contributed by atoms with van der Waals surface area (Å²) in [7, 11) is 1.34. The molecule has 7 nitrogen and oxygen atoms in total. The average molecular weight is 296 g/mol. The van der Waals surface area contributed by atoms with E-state index in [1.807, 2.05) is 11.8 Å². The lowest BCUT2D eigenvalue weighted by molar-refractivity contribution is 0.0602. The first-order valence-electron chi connectivity index (χ1n) is 7.42. The van der Waals surface area contributed by atoms with Gasteiger partial charge in [0.25, 0.3) is 0 Å². The van der Waals surface area contributed by atoms with Crippen LogP contribution in [0.2, 0.25) is 0 Å². The van der Waals surface area contributed by atoms with Crippen molar-refractivity contribution in [2.75, 3.05) is 37.4 Å². The fourth-order valence-corrected chi connectivity index (χ4v) is 2.77. The Morgan fingerprint density at radius 3 is 2.95 bits per heavy atom. The number of hydrogen-bond donors (Lipinski definition) is 2. The van der Waals surface area contributed by atoms with E-state index in [1.165, 1.54) is 7.11 Å². The molecule has 2 rings (SSSR count). The molecule has 3 N–H and O–H groups in total. The fraction of sp³-hybridized carbons (Fsp3) is 0.714. The first-order valence-corrected chi connectivity index (χ1v) is 7.42. The summed E-state index contributed by atoms with van der Waals surface area (Å²) in [4.78, 5) is 14.1. The molecule has 0 radical (unpaired) electrons. The standard InChI is InChI=1S/C14H24N4O3/c1-3-6-18-12(15)11(14(20)21-2)13(16-18)17-7-4-5-10(8-17)9-19/h10,19H,3-9,15H2,1-2H3. The number of ether oxygens (including phenoxy) is 1. The zero-order chi connectivity index (χ0) is 15.4. The maximum absolute atomic E-state index is 12.0. The third kappa shape index (κ3) is 3.12. The number of aryl methyl sites for hydroxylation is 1. The summed E-state index contributed by atoms with van der Waals surface area (Å²) < 4.78 is 6.50. The van der Waals surface area contributed by atoms with Gasteiger partial charge in [-0.25, -0.2) is 9.48 Å². The molecule has 0 spiro atoms. The quantitative estimate of drug-likeness (QED) is 0.783. The SMILES string of the molecule is CCCn1nc(N2CCCC(CO)C2)c(C(=O)OC)c1N. The number of nitrogens with two attached hydrogens (primary N) is 1. The highest BCUT2D eigenvalue weighted by Crippen LogP contribution is 2.29. The normalized spacial score (nSPS) is 18.8. The number of hydrogen-bond acceptors (Lipinski definition) is 6.